The Balaban J connectivity index is 1.42. The van der Waals surface area contributed by atoms with Gasteiger partial charge in [0.2, 0.25) is 5.91 Å². The van der Waals surface area contributed by atoms with E-state index in [9.17, 15) is 9.90 Å². The average molecular weight is 365 g/mol. The number of carbonyl (C=O) groups is 1. The number of rotatable bonds is 3. The van der Waals surface area contributed by atoms with Crippen LogP contribution in [0.1, 0.15) is 41.9 Å². The summed E-state index contributed by atoms with van der Waals surface area (Å²) in [5.74, 6) is 1.68. The molecule has 2 aromatic rings. The Morgan fingerprint density at radius 3 is 2.96 bits per heavy atom. The van der Waals surface area contributed by atoms with Crippen molar-refractivity contribution in [3.8, 4) is 11.5 Å². The molecule has 2 unspecified atom stereocenters. The zero-order valence-electron chi connectivity index (χ0n) is 15.3. The van der Waals surface area contributed by atoms with Gasteiger partial charge in [-0.25, -0.2) is 0 Å². The lowest BCUT2D eigenvalue weighted by Crippen LogP contribution is -2.52. The molecule has 1 aromatic heterocycles. The molecule has 1 aromatic carbocycles. The number of benzene rings is 1. The number of furan rings is 1. The van der Waals surface area contributed by atoms with Crippen molar-refractivity contribution in [2.45, 2.75) is 43.7 Å². The fraction of sp³-hybridized carbons (Fsp3) is 0.409. The number of hydrogen-bond donors (Lipinski definition) is 1. The van der Waals surface area contributed by atoms with Crippen molar-refractivity contribution < 1.29 is 19.1 Å². The molecule has 5 rings (SSSR count). The molecule has 5 heteroatoms. The number of likely N-dealkylation sites (N-methyl/N-ethyl adjacent to an activating group) is 1. The summed E-state index contributed by atoms with van der Waals surface area (Å²) < 4.78 is 11.3. The molecule has 27 heavy (non-hydrogen) atoms. The van der Waals surface area contributed by atoms with Crippen LogP contribution >= 0.6 is 0 Å². The Morgan fingerprint density at radius 2 is 2.15 bits per heavy atom. The smallest absolute Gasteiger partial charge is 0.246 e. The highest BCUT2D eigenvalue weighted by Crippen LogP contribution is 2.56. The zero-order valence-corrected chi connectivity index (χ0v) is 15.3. The van der Waals surface area contributed by atoms with Crippen LogP contribution in [0.15, 0.2) is 41.2 Å². The monoisotopic (exact) mass is 365 g/mol. The highest BCUT2D eigenvalue weighted by molar-refractivity contribution is 5.91. The summed E-state index contributed by atoms with van der Waals surface area (Å²) in [4.78, 5) is 14.5. The minimum absolute atomic E-state index is 0.00509. The van der Waals surface area contributed by atoms with Gasteiger partial charge in [-0.3, -0.25) is 4.79 Å². The van der Waals surface area contributed by atoms with Crippen LogP contribution in [0.3, 0.4) is 0 Å². The molecule has 4 atom stereocenters. The van der Waals surface area contributed by atoms with Crippen molar-refractivity contribution in [2.75, 3.05) is 7.05 Å². The van der Waals surface area contributed by atoms with Gasteiger partial charge in [-0.2, -0.15) is 0 Å². The summed E-state index contributed by atoms with van der Waals surface area (Å²) in [6, 6.07) is 5.59. The molecule has 3 aliphatic rings. The van der Waals surface area contributed by atoms with Crippen molar-refractivity contribution in [2.24, 2.45) is 5.92 Å². The van der Waals surface area contributed by atoms with Crippen LogP contribution in [0.25, 0.3) is 6.08 Å². The van der Waals surface area contributed by atoms with Crippen LogP contribution in [-0.2, 0) is 11.2 Å². The summed E-state index contributed by atoms with van der Waals surface area (Å²) in [5, 5.41) is 10.3. The summed E-state index contributed by atoms with van der Waals surface area (Å²) >= 11 is 0. The fourth-order valence-corrected chi connectivity index (χ4v) is 5.16. The fourth-order valence-electron chi connectivity index (χ4n) is 5.16. The van der Waals surface area contributed by atoms with E-state index in [-0.39, 0.29) is 29.7 Å². The van der Waals surface area contributed by atoms with Gasteiger partial charge in [-0.1, -0.05) is 6.07 Å². The van der Waals surface area contributed by atoms with Crippen molar-refractivity contribution in [1.29, 1.82) is 0 Å². The van der Waals surface area contributed by atoms with E-state index >= 15 is 0 Å². The number of aromatic hydroxyl groups is 1. The van der Waals surface area contributed by atoms with E-state index in [1.165, 1.54) is 11.1 Å². The standard InChI is InChI=1S/C22H23NO4/c1-23(18(25)9-2-13-10-11-26-12-13)16-7-5-14-3-4-15-6-8-17(24)22-20(15)19(14)21(16)27-22/h2,6,8-12,14,16,19,21,24H,3-5,7H2,1H3/b9-2+/t14?,16-,19?,21+/m0/s1. The third kappa shape index (κ3) is 2.56. The number of phenolic OH excluding ortho intramolecular Hbond substituents is 1. The highest BCUT2D eigenvalue weighted by atomic mass is 16.5. The van der Waals surface area contributed by atoms with E-state index in [0.717, 1.165) is 31.2 Å². The third-order valence-corrected chi connectivity index (χ3v) is 6.52. The SMILES string of the molecule is CN(C(=O)/C=C/c1ccoc1)[C@H]1CCC2CCc3ccc(O)c4c3C2[C@@H]1O4. The van der Waals surface area contributed by atoms with Crippen molar-refractivity contribution in [3.63, 3.8) is 0 Å². The molecule has 2 heterocycles. The topological polar surface area (TPSA) is 62.9 Å². The second-order valence-corrected chi connectivity index (χ2v) is 7.88. The van der Waals surface area contributed by atoms with Gasteiger partial charge in [0.1, 0.15) is 6.10 Å². The number of amides is 1. The summed E-state index contributed by atoms with van der Waals surface area (Å²) in [6.45, 7) is 0. The number of hydrogen-bond acceptors (Lipinski definition) is 4. The van der Waals surface area contributed by atoms with E-state index in [1.807, 2.05) is 19.2 Å². The maximum Gasteiger partial charge on any atom is 0.246 e. The van der Waals surface area contributed by atoms with Gasteiger partial charge < -0.3 is 19.2 Å². The summed E-state index contributed by atoms with van der Waals surface area (Å²) in [5.41, 5.74) is 3.35. The number of nitrogens with zero attached hydrogens (tertiary/aromatic N) is 1. The Hall–Kier alpha value is -2.69. The van der Waals surface area contributed by atoms with E-state index in [0.29, 0.717) is 11.7 Å². The van der Waals surface area contributed by atoms with E-state index in [2.05, 4.69) is 0 Å². The molecule has 1 fully saturated rings. The quantitative estimate of drug-likeness (QED) is 0.842. The molecule has 5 nitrogen and oxygen atoms in total. The average Bonchev–Trinajstić information content (AvgIpc) is 3.34. The van der Waals surface area contributed by atoms with Gasteiger partial charge in [-0.15, -0.1) is 0 Å². The minimum Gasteiger partial charge on any atom is -0.504 e. The van der Waals surface area contributed by atoms with E-state index in [4.69, 9.17) is 9.15 Å². The maximum absolute atomic E-state index is 12.7. The Bertz CT molecular complexity index is 901. The van der Waals surface area contributed by atoms with Crippen molar-refractivity contribution in [1.82, 2.24) is 4.90 Å². The lowest BCUT2D eigenvalue weighted by Gasteiger charge is -2.43. The molecule has 1 aliphatic heterocycles. The Labute approximate surface area is 158 Å². The molecular formula is C22H23NO4. The van der Waals surface area contributed by atoms with E-state index < -0.39 is 0 Å². The molecule has 140 valence electrons. The molecule has 0 spiro atoms. The van der Waals surface area contributed by atoms with Gasteiger partial charge in [0.25, 0.3) is 0 Å². The summed E-state index contributed by atoms with van der Waals surface area (Å²) in [7, 11) is 1.85. The second-order valence-electron chi connectivity index (χ2n) is 7.88. The third-order valence-electron chi connectivity index (χ3n) is 6.52. The predicted octanol–water partition coefficient (Wildman–Crippen LogP) is 3.73. The Morgan fingerprint density at radius 1 is 1.26 bits per heavy atom. The van der Waals surface area contributed by atoms with E-state index in [1.54, 1.807) is 35.6 Å². The Kier molecular flexibility index (Phi) is 3.78. The molecule has 1 saturated carbocycles. The van der Waals surface area contributed by atoms with Crippen molar-refractivity contribution >= 4 is 12.0 Å². The predicted molar refractivity (Wildman–Crippen MR) is 101 cm³/mol. The zero-order chi connectivity index (χ0) is 18.5. The maximum atomic E-state index is 12.7. The highest BCUT2D eigenvalue weighted by Gasteiger charge is 2.51. The van der Waals surface area contributed by atoms with Gasteiger partial charge in [0.15, 0.2) is 11.5 Å². The van der Waals surface area contributed by atoms with Gasteiger partial charge in [-0.05, 0) is 55.4 Å². The molecule has 1 amide bonds. The van der Waals surface area contributed by atoms with Crippen LogP contribution in [0.4, 0.5) is 0 Å². The number of aryl methyl sites for hydroxylation is 1. The van der Waals surface area contributed by atoms with Crippen LogP contribution in [0.5, 0.6) is 11.5 Å². The molecule has 0 radical (unpaired) electrons. The largest absolute Gasteiger partial charge is 0.504 e. The first-order valence-electron chi connectivity index (χ1n) is 9.62. The number of carbonyl (C=O) groups excluding carboxylic acids is 1. The van der Waals surface area contributed by atoms with Gasteiger partial charge in [0.05, 0.1) is 18.6 Å². The number of phenols is 1. The first-order valence-corrected chi connectivity index (χ1v) is 9.62. The lowest BCUT2D eigenvalue weighted by atomic mass is 9.66. The van der Waals surface area contributed by atoms with Crippen LogP contribution in [0.2, 0.25) is 0 Å². The first-order chi connectivity index (χ1) is 13.1. The summed E-state index contributed by atoms with van der Waals surface area (Å²) in [6.07, 6.45) is 10.7. The lowest BCUT2D eigenvalue weighted by molar-refractivity contribution is -0.130. The molecule has 0 saturated heterocycles. The van der Waals surface area contributed by atoms with Gasteiger partial charge in [0, 0.05) is 30.2 Å². The first kappa shape index (κ1) is 16.5. The van der Waals surface area contributed by atoms with Crippen LogP contribution < -0.4 is 4.74 Å². The molecular weight excluding hydrogens is 342 g/mol. The minimum atomic E-state index is -0.0811. The van der Waals surface area contributed by atoms with Gasteiger partial charge >= 0.3 is 0 Å². The normalized spacial score (nSPS) is 28.0. The van der Waals surface area contributed by atoms with Crippen LogP contribution in [-0.4, -0.2) is 35.1 Å². The van der Waals surface area contributed by atoms with Crippen LogP contribution in [0, 0.1) is 5.92 Å². The number of ether oxygens (including phenoxy) is 1. The molecule has 0 bridgehead atoms. The molecule has 2 aliphatic carbocycles. The second kappa shape index (κ2) is 6.19. The van der Waals surface area contributed by atoms with Crippen molar-refractivity contribution in [3.05, 3.63) is 53.5 Å². The molecule has 1 N–H and O–H groups in total.